The molecule has 4 heterocycles. The van der Waals surface area contributed by atoms with Crippen molar-refractivity contribution in [3.63, 3.8) is 0 Å². The van der Waals surface area contributed by atoms with E-state index in [9.17, 15) is 0 Å². The molecule has 2 atom stereocenters. The first kappa shape index (κ1) is 17.2. The van der Waals surface area contributed by atoms with E-state index in [1.165, 1.54) is 49.8 Å². The largest absolute Gasteiger partial charge is 0.378 e. The van der Waals surface area contributed by atoms with E-state index in [0.29, 0.717) is 11.5 Å². The van der Waals surface area contributed by atoms with Gasteiger partial charge in [-0.25, -0.2) is 0 Å². The number of thiophene rings is 1. The van der Waals surface area contributed by atoms with Crippen molar-refractivity contribution < 1.29 is 4.74 Å². The summed E-state index contributed by atoms with van der Waals surface area (Å²) in [5.74, 6) is 0. The summed E-state index contributed by atoms with van der Waals surface area (Å²) in [7, 11) is 0. The molecule has 0 radical (unpaired) electrons. The Balaban J connectivity index is 1.44. The van der Waals surface area contributed by atoms with Crippen LogP contribution in [0.4, 0.5) is 0 Å². The zero-order chi connectivity index (χ0) is 17.1. The van der Waals surface area contributed by atoms with Crippen molar-refractivity contribution in [3.8, 4) is 0 Å². The minimum Gasteiger partial charge on any atom is -0.378 e. The summed E-state index contributed by atoms with van der Waals surface area (Å²) in [5.41, 5.74) is 4.24. The fraction of sp³-hybridized carbons (Fsp3) is 0.571. The molecule has 2 aromatic heterocycles. The van der Waals surface area contributed by atoms with Crippen LogP contribution in [-0.4, -0.2) is 35.7 Å². The number of nitrogens with zero attached hydrogens (tertiary/aromatic N) is 2. The average molecular weight is 357 g/mol. The first-order chi connectivity index (χ1) is 12.2. The van der Waals surface area contributed by atoms with Gasteiger partial charge in [-0.2, -0.15) is 11.3 Å². The van der Waals surface area contributed by atoms with Gasteiger partial charge in [0.1, 0.15) is 0 Å². The molecule has 0 unspecified atom stereocenters. The van der Waals surface area contributed by atoms with Gasteiger partial charge in [0, 0.05) is 37.0 Å². The van der Waals surface area contributed by atoms with E-state index in [2.05, 4.69) is 38.8 Å². The third kappa shape index (κ3) is 3.97. The number of hydrogen-bond donors (Lipinski definition) is 0. The van der Waals surface area contributed by atoms with Crippen LogP contribution in [-0.2, 0) is 17.7 Å². The Morgan fingerprint density at radius 2 is 2.28 bits per heavy atom. The molecule has 4 heteroatoms. The van der Waals surface area contributed by atoms with Gasteiger partial charge in [0.2, 0.25) is 0 Å². The highest BCUT2D eigenvalue weighted by Crippen LogP contribution is 2.44. The number of likely N-dealkylation sites (tertiary alicyclic amines) is 1. The van der Waals surface area contributed by atoms with Crippen LogP contribution in [0.2, 0.25) is 0 Å². The minimum absolute atomic E-state index is 0.330. The predicted octanol–water partition coefficient (Wildman–Crippen LogP) is 4.46. The highest BCUT2D eigenvalue weighted by molar-refractivity contribution is 7.07. The Labute approximate surface area is 155 Å². The Bertz CT molecular complexity index is 664. The molecule has 0 N–H and O–H groups in total. The number of pyridine rings is 1. The molecule has 2 fully saturated rings. The van der Waals surface area contributed by atoms with Gasteiger partial charge >= 0.3 is 0 Å². The van der Waals surface area contributed by atoms with E-state index in [0.717, 1.165) is 25.4 Å². The van der Waals surface area contributed by atoms with E-state index in [1.54, 1.807) is 0 Å². The molecule has 0 amide bonds. The van der Waals surface area contributed by atoms with E-state index in [-0.39, 0.29) is 0 Å². The normalized spacial score (nSPS) is 27.2. The summed E-state index contributed by atoms with van der Waals surface area (Å²) < 4.78 is 6.19. The van der Waals surface area contributed by atoms with Crippen LogP contribution < -0.4 is 0 Å². The van der Waals surface area contributed by atoms with Gasteiger partial charge in [-0.05, 0) is 79.6 Å². The topological polar surface area (TPSA) is 25.4 Å². The Kier molecular flexibility index (Phi) is 5.20. The van der Waals surface area contributed by atoms with Crippen molar-refractivity contribution in [1.82, 2.24) is 9.88 Å². The van der Waals surface area contributed by atoms with Crippen LogP contribution in [0.1, 0.15) is 42.5 Å². The van der Waals surface area contributed by atoms with Crippen molar-refractivity contribution in [2.45, 2.75) is 51.7 Å². The molecule has 134 valence electrons. The van der Waals surface area contributed by atoms with Gasteiger partial charge in [0.25, 0.3) is 0 Å². The lowest BCUT2D eigenvalue weighted by molar-refractivity contribution is -0.00180. The molecule has 2 aliphatic heterocycles. The van der Waals surface area contributed by atoms with Crippen LogP contribution in [0.15, 0.2) is 35.2 Å². The molecule has 2 aromatic rings. The molecule has 25 heavy (non-hydrogen) atoms. The average Bonchev–Trinajstić information content (AvgIpc) is 3.38. The first-order valence-electron chi connectivity index (χ1n) is 9.50. The van der Waals surface area contributed by atoms with Crippen LogP contribution >= 0.6 is 11.3 Å². The van der Waals surface area contributed by atoms with Crippen LogP contribution in [0.5, 0.6) is 0 Å². The van der Waals surface area contributed by atoms with Crippen molar-refractivity contribution in [3.05, 3.63) is 52.0 Å². The van der Waals surface area contributed by atoms with Gasteiger partial charge in [0.15, 0.2) is 0 Å². The van der Waals surface area contributed by atoms with Gasteiger partial charge < -0.3 is 4.74 Å². The summed E-state index contributed by atoms with van der Waals surface area (Å²) in [4.78, 5) is 7.07. The highest BCUT2D eigenvalue weighted by Gasteiger charge is 2.45. The molecular weight excluding hydrogens is 328 g/mol. The zero-order valence-corrected chi connectivity index (χ0v) is 15.9. The Morgan fingerprint density at radius 1 is 1.32 bits per heavy atom. The molecule has 4 rings (SSSR count). The zero-order valence-electron chi connectivity index (χ0n) is 15.1. The quantitative estimate of drug-likeness (QED) is 0.764. The molecule has 0 spiro atoms. The lowest BCUT2D eigenvalue weighted by Crippen LogP contribution is -2.38. The van der Waals surface area contributed by atoms with Gasteiger partial charge in [-0.1, -0.05) is 6.07 Å². The van der Waals surface area contributed by atoms with Crippen LogP contribution in [0.25, 0.3) is 0 Å². The summed E-state index contributed by atoms with van der Waals surface area (Å²) in [5, 5.41) is 4.49. The first-order valence-corrected chi connectivity index (χ1v) is 10.4. The number of aromatic nitrogens is 1. The highest BCUT2D eigenvalue weighted by atomic mass is 32.1. The van der Waals surface area contributed by atoms with Crippen LogP contribution in [0, 0.1) is 12.3 Å². The van der Waals surface area contributed by atoms with Crippen molar-refractivity contribution in [1.29, 1.82) is 0 Å². The number of rotatable bonds is 6. The summed E-state index contributed by atoms with van der Waals surface area (Å²) >= 11 is 1.81. The Hall–Kier alpha value is -1.23. The predicted molar refractivity (Wildman–Crippen MR) is 103 cm³/mol. The fourth-order valence-corrected chi connectivity index (χ4v) is 5.19. The van der Waals surface area contributed by atoms with E-state index < -0.39 is 0 Å². The lowest BCUT2D eigenvalue weighted by Gasteiger charge is -2.35. The maximum atomic E-state index is 6.19. The molecule has 0 aliphatic carbocycles. The molecule has 0 aromatic carbocycles. The van der Waals surface area contributed by atoms with Gasteiger partial charge in [0.05, 0.1) is 6.10 Å². The summed E-state index contributed by atoms with van der Waals surface area (Å²) in [6, 6.07) is 6.62. The second-order valence-electron chi connectivity index (χ2n) is 7.76. The fourth-order valence-electron chi connectivity index (χ4n) is 4.49. The molecular formula is C21H28N2OS. The maximum Gasteiger partial charge on any atom is 0.0645 e. The number of aryl methyl sites for hydroxylation is 2. The number of ether oxygens (including phenoxy) is 1. The second-order valence-corrected chi connectivity index (χ2v) is 8.54. The molecule has 0 bridgehead atoms. The van der Waals surface area contributed by atoms with E-state index in [1.807, 2.05) is 24.5 Å². The van der Waals surface area contributed by atoms with Gasteiger partial charge in [-0.3, -0.25) is 9.88 Å². The summed E-state index contributed by atoms with van der Waals surface area (Å²) in [6.45, 7) is 6.35. The molecule has 2 aliphatic rings. The smallest absolute Gasteiger partial charge is 0.0645 e. The lowest BCUT2D eigenvalue weighted by atomic mass is 9.75. The standard InChI is InChI=1S/C21H28N2OS/c1-17-4-5-19(13-22-17)14-23-10-9-21(16-23,20-3-2-11-24-20)8-6-18-7-12-25-15-18/h4-5,7,12-13,15,20H,2-3,6,8-11,14,16H2,1H3/t20-,21-/m1/s1. The van der Waals surface area contributed by atoms with Crippen molar-refractivity contribution in [2.75, 3.05) is 19.7 Å². The van der Waals surface area contributed by atoms with Crippen LogP contribution in [0.3, 0.4) is 0 Å². The molecule has 0 saturated carbocycles. The van der Waals surface area contributed by atoms with E-state index in [4.69, 9.17) is 4.74 Å². The monoisotopic (exact) mass is 356 g/mol. The van der Waals surface area contributed by atoms with E-state index >= 15 is 0 Å². The second kappa shape index (κ2) is 7.56. The Morgan fingerprint density at radius 3 is 3.00 bits per heavy atom. The third-order valence-electron chi connectivity index (χ3n) is 5.95. The minimum atomic E-state index is 0.330. The summed E-state index contributed by atoms with van der Waals surface area (Å²) in [6.07, 6.45) is 8.65. The molecule has 2 saturated heterocycles. The number of hydrogen-bond acceptors (Lipinski definition) is 4. The SMILES string of the molecule is Cc1ccc(CN2CC[C@@](CCc3ccsc3)([C@H]3CCCO3)C2)cn1. The molecule has 3 nitrogen and oxygen atoms in total. The van der Waals surface area contributed by atoms with Crippen molar-refractivity contribution >= 4 is 11.3 Å². The maximum absolute atomic E-state index is 6.19. The van der Waals surface area contributed by atoms with Gasteiger partial charge in [-0.15, -0.1) is 0 Å². The van der Waals surface area contributed by atoms with Crippen molar-refractivity contribution in [2.24, 2.45) is 5.41 Å². The third-order valence-corrected chi connectivity index (χ3v) is 6.68.